The minimum Gasteiger partial charge on any atom is -0.416 e. The number of amidine groups is 1. The number of ether oxygens (including phenoxy) is 1. The van der Waals surface area contributed by atoms with E-state index in [0.717, 1.165) is 30.0 Å². The summed E-state index contributed by atoms with van der Waals surface area (Å²) in [5.41, 5.74) is 1.42. The number of hydrogen-bond donors (Lipinski definition) is 1. The van der Waals surface area contributed by atoms with Gasteiger partial charge in [-0.2, -0.15) is 4.99 Å². The third-order valence-corrected chi connectivity index (χ3v) is 7.54. The third kappa shape index (κ3) is 7.11. The van der Waals surface area contributed by atoms with Gasteiger partial charge in [-0.05, 0) is 66.1 Å². The zero-order valence-electron chi connectivity index (χ0n) is 24.6. The summed E-state index contributed by atoms with van der Waals surface area (Å²) in [6, 6.07) is 10.4. The molecule has 0 spiro atoms. The molecule has 0 atom stereocenters. The van der Waals surface area contributed by atoms with Gasteiger partial charge in [0.05, 0.1) is 22.8 Å². The van der Waals surface area contributed by atoms with Crippen molar-refractivity contribution >= 4 is 45.9 Å². The number of halogens is 5. The maximum absolute atomic E-state index is 15.1. The number of alkyl halides is 3. The lowest BCUT2D eigenvalue weighted by Gasteiger charge is -2.24. The Morgan fingerprint density at radius 3 is 2.28 bits per heavy atom. The molecule has 1 fully saturated rings. The highest BCUT2D eigenvalue weighted by Crippen LogP contribution is 2.38. The van der Waals surface area contributed by atoms with Gasteiger partial charge < -0.3 is 19.4 Å². The summed E-state index contributed by atoms with van der Waals surface area (Å²) in [7, 11) is 3.33. The molecule has 2 heterocycles. The van der Waals surface area contributed by atoms with Gasteiger partial charge in [0.2, 0.25) is 17.7 Å². The first-order valence-electron chi connectivity index (χ1n) is 13.6. The van der Waals surface area contributed by atoms with Gasteiger partial charge in [0.25, 0.3) is 0 Å². The van der Waals surface area contributed by atoms with E-state index in [0.29, 0.717) is 16.8 Å². The molecule has 0 radical (unpaired) electrons. The minimum atomic E-state index is -4.84. The van der Waals surface area contributed by atoms with Crippen LogP contribution in [0.3, 0.4) is 0 Å². The second-order valence-electron chi connectivity index (χ2n) is 10.4. The van der Waals surface area contributed by atoms with Crippen molar-refractivity contribution in [3.63, 3.8) is 0 Å². The van der Waals surface area contributed by atoms with Crippen molar-refractivity contribution in [3.05, 3.63) is 71.8 Å². The Hall–Kier alpha value is -4.99. The first-order valence-corrected chi connectivity index (χ1v) is 14.5. The molecule has 0 unspecified atom stereocenters. The maximum Gasteiger partial charge on any atom is 0.573 e. The lowest BCUT2D eigenvalue weighted by molar-refractivity contribution is -0.274. The van der Waals surface area contributed by atoms with E-state index in [2.05, 4.69) is 25.2 Å². The number of amides is 3. The van der Waals surface area contributed by atoms with Gasteiger partial charge >= 0.3 is 12.4 Å². The number of anilines is 3. The van der Waals surface area contributed by atoms with Crippen LogP contribution in [0.2, 0.25) is 0 Å². The molecule has 5 rings (SSSR count). The number of urea groups is 1. The van der Waals surface area contributed by atoms with Gasteiger partial charge in [-0.25, -0.2) is 13.6 Å². The average molecular weight is 661 g/mol. The second kappa shape index (κ2) is 12.8. The number of thioether (sulfide) groups is 1. The van der Waals surface area contributed by atoms with E-state index in [9.17, 15) is 27.2 Å². The molecule has 0 aliphatic carbocycles. The highest BCUT2D eigenvalue weighted by molar-refractivity contribution is 8.15. The molecule has 1 aliphatic heterocycles. The van der Waals surface area contributed by atoms with Crippen LogP contribution in [0, 0.1) is 11.6 Å². The summed E-state index contributed by atoms with van der Waals surface area (Å²) in [5.74, 6) is -2.38. The second-order valence-corrected chi connectivity index (χ2v) is 11.4. The Morgan fingerprint density at radius 1 is 1.02 bits per heavy atom. The van der Waals surface area contributed by atoms with E-state index in [4.69, 9.17) is 4.42 Å². The molecular weight excluding hydrogens is 635 g/mol. The van der Waals surface area contributed by atoms with Crippen LogP contribution in [0.1, 0.15) is 25.3 Å². The Bertz CT molecular complexity index is 1830. The smallest absolute Gasteiger partial charge is 0.416 e. The SMILES string of the molecule is CC(C)c1cc(F)c(N(C)C)cc1N1C(=O)CS/C1=N\C(=O)Nc1ccc(-c2nnc(-c3ccc(OC(F)(F)F)cc3)o2)cc1F. The minimum absolute atomic E-state index is 0.000961. The van der Waals surface area contributed by atoms with Crippen LogP contribution in [0.4, 0.5) is 43.8 Å². The molecule has 240 valence electrons. The molecule has 4 aromatic rings. The predicted octanol–water partition coefficient (Wildman–Crippen LogP) is 7.44. The summed E-state index contributed by atoms with van der Waals surface area (Å²) >= 11 is 1.02. The quantitative estimate of drug-likeness (QED) is 0.204. The van der Waals surface area contributed by atoms with Gasteiger partial charge in [0.15, 0.2) is 5.17 Å². The predicted molar refractivity (Wildman–Crippen MR) is 163 cm³/mol. The zero-order valence-corrected chi connectivity index (χ0v) is 25.5. The molecule has 0 saturated carbocycles. The van der Waals surface area contributed by atoms with E-state index in [1.807, 2.05) is 13.8 Å². The van der Waals surface area contributed by atoms with Gasteiger partial charge in [0.1, 0.15) is 17.4 Å². The van der Waals surface area contributed by atoms with Crippen LogP contribution in [0.15, 0.2) is 64.0 Å². The van der Waals surface area contributed by atoms with E-state index in [-0.39, 0.29) is 51.5 Å². The van der Waals surface area contributed by atoms with E-state index in [1.165, 1.54) is 41.3 Å². The number of nitrogens with zero attached hydrogens (tertiary/aromatic N) is 5. The Morgan fingerprint density at radius 2 is 1.67 bits per heavy atom. The molecule has 1 saturated heterocycles. The first kappa shape index (κ1) is 32.4. The number of aromatic nitrogens is 2. The fourth-order valence-electron chi connectivity index (χ4n) is 4.48. The van der Waals surface area contributed by atoms with Crippen molar-refractivity contribution in [2.45, 2.75) is 26.1 Å². The van der Waals surface area contributed by atoms with Crippen LogP contribution in [0.25, 0.3) is 22.9 Å². The maximum atomic E-state index is 15.1. The van der Waals surface area contributed by atoms with Gasteiger partial charge in [-0.15, -0.1) is 23.4 Å². The number of carbonyl (C=O) groups is 2. The topological polar surface area (TPSA) is 113 Å². The van der Waals surface area contributed by atoms with E-state index < -0.39 is 29.8 Å². The van der Waals surface area contributed by atoms with Crippen LogP contribution in [-0.2, 0) is 4.79 Å². The van der Waals surface area contributed by atoms with Gasteiger partial charge in [-0.1, -0.05) is 25.6 Å². The molecule has 0 bridgehead atoms. The summed E-state index contributed by atoms with van der Waals surface area (Å²) in [6.45, 7) is 3.70. The van der Waals surface area contributed by atoms with Crippen molar-refractivity contribution < 1.29 is 40.7 Å². The van der Waals surface area contributed by atoms with Crippen molar-refractivity contribution in [2.24, 2.45) is 4.99 Å². The fraction of sp³-hybridized carbons (Fsp3) is 0.233. The summed E-state index contributed by atoms with van der Waals surface area (Å²) in [6.07, 6.45) is -4.84. The molecule has 1 aliphatic rings. The Balaban J connectivity index is 1.33. The van der Waals surface area contributed by atoms with Crippen LogP contribution < -0.4 is 19.9 Å². The zero-order chi connectivity index (χ0) is 33.3. The number of benzene rings is 3. The van der Waals surface area contributed by atoms with Crippen LogP contribution in [0.5, 0.6) is 5.75 Å². The Kier molecular flexibility index (Phi) is 9.01. The van der Waals surface area contributed by atoms with Crippen LogP contribution >= 0.6 is 11.8 Å². The highest BCUT2D eigenvalue weighted by Gasteiger charge is 2.34. The number of hydrogen-bond acceptors (Lipinski definition) is 8. The van der Waals surface area contributed by atoms with Gasteiger partial charge in [-0.3, -0.25) is 9.69 Å². The summed E-state index contributed by atoms with van der Waals surface area (Å²) in [4.78, 5) is 32.6. The average Bonchev–Trinajstić information content (AvgIpc) is 3.60. The third-order valence-electron chi connectivity index (χ3n) is 6.62. The fourth-order valence-corrected chi connectivity index (χ4v) is 5.34. The standard InChI is InChI=1S/C30H25F5N6O4S/c1-15(2)19-12-21(32)24(40(3)4)13-23(19)41-25(42)14-46-29(41)37-28(43)36-22-10-7-17(11-20(22)31)27-39-38-26(44-27)16-5-8-18(9-6-16)45-30(33,34)35/h5-13,15H,14H2,1-4H3,(H,36,43)/b37-29-. The number of nitrogens with one attached hydrogen (secondary N) is 1. The molecule has 3 aromatic carbocycles. The van der Waals surface area contributed by atoms with Crippen molar-refractivity contribution in [1.82, 2.24) is 10.2 Å². The van der Waals surface area contributed by atoms with Crippen LogP contribution in [-0.4, -0.2) is 53.5 Å². The monoisotopic (exact) mass is 660 g/mol. The molecule has 1 aromatic heterocycles. The molecule has 46 heavy (non-hydrogen) atoms. The normalized spacial score (nSPS) is 14.3. The molecule has 3 amide bonds. The van der Waals surface area contributed by atoms with Crippen molar-refractivity contribution in [3.8, 4) is 28.7 Å². The largest absolute Gasteiger partial charge is 0.573 e. The molecule has 1 N–H and O–H groups in total. The molecule has 10 nitrogen and oxygen atoms in total. The van der Waals surface area contributed by atoms with Gasteiger partial charge in [0, 0.05) is 25.2 Å². The molecular formula is C30H25F5N6O4S. The lowest BCUT2D eigenvalue weighted by atomic mass is 9.99. The number of aliphatic imine (C=N–C) groups is 1. The summed E-state index contributed by atoms with van der Waals surface area (Å²) < 4.78 is 76.4. The highest BCUT2D eigenvalue weighted by atomic mass is 32.2. The molecule has 16 heteroatoms. The Labute approximate surface area is 263 Å². The van der Waals surface area contributed by atoms with Crippen molar-refractivity contribution in [1.29, 1.82) is 0 Å². The van der Waals surface area contributed by atoms with E-state index in [1.54, 1.807) is 19.0 Å². The summed E-state index contributed by atoms with van der Waals surface area (Å²) in [5, 5.41) is 10.1. The van der Waals surface area contributed by atoms with Crippen molar-refractivity contribution in [2.75, 3.05) is 35.0 Å². The number of rotatable bonds is 7. The number of carbonyl (C=O) groups excluding carboxylic acids is 2. The van der Waals surface area contributed by atoms with E-state index >= 15 is 4.39 Å². The lowest BCUT2D eigenvalue weighted by Crippen LogP contribution is -2.31. The first-order chi connectivity index (χ1) is 21.7.